The zero-order valence-electron chi connectivity index (χ0n) is 17.1. The first-order valence-electron chi connectivity index (χ1n) is 10.3. The number of carbonyl (C=O) groups excluding carboxylic acids is 1. The van der Waals surface area contributed by atoms with Crippen LogP contribution in [0.4, 0.5) is 0 Å². The zero-order valence-corrected chi connectivity index (χ0v) is 19.4. The van der Waals surface area contributed by atoms with Crippen LogP contribution in [0.15, 0.2) is 29.3 Å². The van der Waals surface area contributed by atoms with E-state index < -0.39 is 0 Å². The fourth-order valence-electron chi connectivity index (χ4n) is 3.46. The minimum Gasteiger partial charge on any atom is -0.357 e. The number of rotatable bonds is 7. The van der Waals surface area contributed by atoms with E-state index in [9.17, 15) is 4.79 Å². The van der Waals surface area contributed by atoms with Crippen LogP contribution in [0.3, 0.4) is 0 Å². The number of hydrogen-bond acceptors (Lipinski definition) is 3. The molecule has 1 amide bonds. The van der Waals surface area contributed by atoms with Gasteiger partial charge in [-0.15, -0.1) is 24.0 Å². The summed E-state index contributed by atoms with van der Waals surface area (Å²) in [5.41, 5.74) is 2.66. The molecule has 0 bridgehead atoms. The van der Waals surface area contributed by atoms with Gasteiger partial charge in [0.15, 0.2) is 5.96 Å². The lowest BCUT2D eigenvalue weighted by Gasteiger charge is -2.36. The van der Waals surface area contributed by atoms with Crippen molar-refractivity contribution in [2.24, 2.45) is 4.99 Å². The normalized spacial score (nSPS) is 17.8. The molecule has 0 aromatic heterocycles. The lowest BCUT2D eigenvalue weighted by molar-refractivity contribution is -0.122. The molecule has 156 valence electrons. The Kier molecular flexibility index (Phi) is 9.50. The molecule has 28 heavy (non-hydrogen) atoms. The van der Waals surface area contributed by atoms with Crippen molar-refractivity contribution in [1.82, 2.24) is 20.4 Å². The van der Waals surface area contributed by atoms with Crippen molar-refractivity contribution in [3.8, 4) is 0 Å². The summed E-state index contributed by atoms with van der Waals surface area (Å²) in [6.07, 6.45) is 3.32. The molecule has 0 spiro atoms. The highest BCUT2D eigenvalue weighted by Gasteiger charge is 2.25. The molecule has 6 nitrogen and oxygen atoms in total. The predicted octanol–water partition coefficient (Wildman–Crippen LogP) is 2.23. The number of carbonyl (C=O) groups is 1. The summed E-state index contributed by atoms with van der Waals surface area (Å²) in [7, 11) is 0. The van der Waals surface area contributed by atoms with Crippen LogP contribution < -0.4 is 10.6 Å². The van der Waals surface area contributed by atoms with E-state index in [2.05, 4.69) is 58.5 Å². The van der Waals surface area contributed by atoms with Crippen LogP contribution in [0.25, 0.3) is 0 Å². The average molecular weight is 499 g/mol. The van der Waals surface area contributed by atoms with Gasteiger partial charge in [0.1, 0.15) is 0 Å². The first-order valence-corrected chi connectivity index (χ1v) is 10.3. The number of guanidine groups is 1. The van der Waals surface area contributed by atoms with Gasteiger partial charge in [0.05, 0.1) is 13.1 Å². The third kappa shape index (κ3) is 6.92. The van der Waals surface area contributed by atoms with Crippen LogP contribution in [0.2, 0.25) is 0 Å². The molecule has 2 aliphatic rings. The van der Waals surface area contributed by atoms with Gasteiger partial charge in [-0.05, 0) is 37.3 Å². The van der Waals surface area contributed by atoms with Gasteiger partial charge in [0, 0.05) is 38.8 Å². The molecular formula is C21H34IN5O. The number of piperazine rings is 1. The molecule has 0 radical (unpaired) electrons. The van der Waals surface area contributed by atoms with Crippen LogP contribution in [-0.2, 0) is 17.8 Å². The summed E-state index contributed by atoms with van der Waals surface area (Å²) in [6.45, 7) is 9.97. The number of hydrogen-bond donors (Lipinski definition) is 2. The number of nitrogens with one attached hydrogen (secondary N) is 2. The number of aryl methyl sites for hydroxylation is 1. The summed E-state index contributed by atoms with van der Waals surface area (Å²) in [6, 6.07) is 8.97. The van der Waals surface area contributed by atoms with Crippen molar-refractivity contribution < 1.29 is 4.79 Å². The third-order valence-corrected chi connectivity index (χ3v) is 5.21. The van der Waals surface area contributed by atoms with Gasteiger partial charge >= 0.3 is 0 Å². The minimum atomic E-state index is 0. The average Bonchev–Trinajstić information content (AvgIpc) is 3.50. The zero-order chi connectivity index (χ0) is 19.1. The number of nitrogens with zero attached hydrogens (tertiary/aromatic N) is 3. The standard InChI is InChI=1S/C21H33N5O.HI/c1-3-17-7-5-6-8-18(17)15-23-21(22-4-2)26-13-11-25(12-14-26)16-20(27)24-19-9-10-19;/h5-8,19H,3-4,9-16H2,1-2H3,(H,22,23)(H,24,27);1H. The quantitative estimate of drug-likeness (QED) is 0.343. The van der Waals surface area contributed by atoms with E-state index in [1.807, 2.05) is 0 Å². The summed E-state index contributed by atoms with van der Waals surface area (Å²) >= 11 is 0. The molecule has 0 atom stereocenters. The van der Waals surface area contributed by atoms with Gasteiger partial charge in [-0.25, -0.2) is 4.99 Å². The molecule has 1 aliphatic heterocycles. The molecule has 3 rings (SSSR count). The van der Waals surface area contributed by atoms with E-state index in [1.54, 1.807) is 0 Å². The van der Waals surface area contributed by atoms with Crippen molar-refractivity contribution in [3.05, 3.63) is 35.4 Å². The minimum absolute atomic E-state index is 0. The molecule has 1 saturated heterocycles. The second-order valence-electron chi connectivity index (χ2n) is 7.40. The van der Waals surface area contributed by atoms with Crippen molar-refractivity contribution in [2.75, 3.05) is 39.3 Å². The SMILES string of the molecule is CCNC(=NCc1ccccc1CC)N1CCN(CC(=O)NC2CC2)CC1.I. The smallest absolute Gasteiger partial charge is 0.234 e. The number of benzene rings is 1. The predicted molar refractivity (Wildman–Crippen MR) is 125 cm³/mol. The molecule has 0 unspecified atom stereocenters. The molecular weight excluding hydrogens is 465 g/mol. The summed E-state index contributed by atoms with van der Waals surface area (Å²) in [5.74, 6) is 1.15. The van der Waals surface area contributed by atoms with Crippen LogP contribution in [0, 0.1) is 0 Å². The Bertz CT molecular complexity index is 654. The molecule has 1 saturated carbocycles. The topological polar surface area (TPSA) is 60.0 Å². The Hall–Kier alpha value is -1.35. The van der Waals surface area contributed by atoms with Crippen molar-refractivity contribution in [3.63, 3.8) is 0 Å². The highest BCUT2D eigenvalue weighted by Crippen LogP contribution is 2.18. The first kappa shape index (κ1) is 22.9. The van der Waals surface area contributed by atoms with Crippen LogP contribution in [0.1, 0.15) is 37.8 Å². The monoisotopic (exact) mass is 499 g/mol. The Labute approximate surface area is 186 Å². The summed E-state index contributed by atoms with van der Waals surface area (Å²) in [4.78, 5) is 21.4. The summed E-state index contributed by atoms with van der Waals surface area (Å²) in [5, 5.41) is 6.50. The number of halogens is 1. The molecule has 1 aromatic rings. The Morgan fingerprint density at radius 3 is 2.39 bits per heavy atom. The Morgan fingerprint density at radius 1 is 1.11 bits per heavy atom. The van der Waals surface area contributed by atoms with Gasteiger partial charge in [-0.2, -0.15) is 0 Å². The first-order chi connectivity index (χ1) is 13.2. The largest absolute Gasteiger partial charge is 0.357 e. The van der Waals surface area contributed by atoms with E-state index in [0.717, 1.165) is 57.9 Å². The maximum absolute atomic E-state index is 12.0. The maximum atomic E-state index is 12.0. The van der Waals surface area contributed by atoms with Gasteiger partial charge < -0.3 is 15.5 Å². The van der Waals surface area contributed by atoms with E-state index in [0.29, 0.717) is 19.1 Å². The highest BCUT2D eigenvalue weighted by molar-refractivity contribution is 14.0. The second kappa shape index (κ2) is 11.6. The maximum Gasteiger partial charge on any atom is 0.234 e. The lowest BCUT2D eigenvalue weighted by Crippen LogP contribution is -2.54. The highest BCUT2D eigenvalue weighted by atomic mass is 127. The van der Waals surface area contributed by atoms with Crippen molar-refractivity contribution >= 4 is 35.8 Å². The van der Waals surface area contributed by atoms with E-state index in [1.165, 1.54) is 11.1 Å². The van der Waals surface area contributed by atoms with Gasteiger partial charge in [0.25, 0.3) is 0 Å². The molecule has 2 fully saturated rings. The molecule has 2 N–H and O–H groups in total. The van der Waals surface area contributed by atoms with Crippen LogP contribution in [-0.4, -0.2) is 67.0 Å². The lowest BCUT2D eigenvalue weighted by atomic mass is 10.1. The van der Waals surface area contributed by atoms with Crippen molar-refractivity contribution in [2.45, 2.75) is 45.7 Å². The number of amides is 1. The van der Waals surface area contributed by atoms with E-state index in [-0.39, 0.29) is 29.9 Å². The van der Waals surface area contributed by atoms with Gasteiger partial charge in [-0.3, -0.25) is 9.69 Å². The van der Waals surface area contributed by atoms with Crippen LogP contribution in [0.5, 0.6) is 0 Å². The Balaban J connectivity index is 0.00000280. The van der Waals surface area contributed by atoms with E-state index >= 15 is 0 Å². The molecule has 1 heterocycles. The molecule has 1 aliphatic carbocycles. The summed E-state index contributed by atoms with van der Waals surface area (Å²) < 4.78 is 0. The number of aliphatic imine (C=N–C) groups is 1. The third-order valence-electron chi connectivity index (χ3n) is 5.21. The van der Waals surface area contributed by atoms with Gasteiger partial charge in [-0.1, -0.05) is 31.2 Å². The molecule has 1 aromatic carbocycles. The fourth-order valence-corrected chi connectivity index (χ4v) is 3.46. The van der Waals surface area contributed by atoms with E-state index in [4.69, 9.17) is 4.99 Å². The Morgan fingerprint density at radius 2 is 1.79 bits per heavy atom. The second-order valence-corrected chi connectivity index (χ2v) is 7.40. The fraction of sp³-hybridized carbons (Fsp3) is 0.619. The van der Waals surface area contributed by atoms with Crippen molar-refractivity contribution in [1.29, 1.82) is 0 Å². The molecule has 7 heteroatoms. The van der Waals surface area contributed by atoms with Gasteiger partial charge in [0.2, 0.25) is 5.91 Å². The van der Waals surface area contributed by atoms with Crippen LogP contribution >= 0.6 is 24.0 Å².